The van der Waals surface area contributed by atoms with Gasteiger partial charge in [-0.3, -0.25) is 24.2 Å². The van der Waals surface area contributed by atoms with Crippen molar-refractivity contribution in [2.75, 3.05) is 19.6 Å². The van der Waals surface area contributed by atoms with Crippen LogP contribution in [0.1, 0.15) is 50.5 Å². The van der Waals surface area contributed by atoms with Crippen molar-refractivity contribution in [3.8, 4) is 0 Å². The summed E-state index contributed by atoms with van der Waals surface area (Å²) in [6, 6.07) is 6.27. The third kappa shape index (κ3) is 30.9. The van der Waals surface area contributed by atoms with Crippen molar-refractivity contribution in [1.29, 1.82) is 0 Å². The lowest BCUT2D eigenvalue weighted by Gasteiger charge is -2.04. The Bertz CT molecular complexity index is 919. The Morgan fingerprint density at radius 1 is 0.605 bits per heavy atom. The molecule has 17 heteroatoms. The van der Waals surface area contributed by atoms with Gasteiger partial charge in [-0.05, 0) is 63.6 Å². The third-order valence-electron chi connectivity index (χ3n) is 5.22. The van der Waals surface area contributed by atoms with Crippen LogP contribution in [0.3, 0.4) is 0 Å². The number of rotatable bonds is 17. The van der Waals surface area contributed by atoms with Crippen LogP contribution in [0, 0.1) is 0 Å². The molecule has 4 atom stereocenters. The van der Waals surface area contributed by atoms with Gasteiger partial charge in [0.05, 0.1) is 0 Å². The van der Waals surface area contributed by atoms with Crippen LogP contribution in [0.4, 0.5) is 0 Å². The van der Waals surface area contributed by atoms with Crippen LogP contribution in [0.2, 0.25) is 0 Å². The van der Waals surface area contributed by atoms with E-state index in [9.17, 15) is 19.2 Å². The first-order valence-corrected chi connectivity index (χ1v) is 13.5. The highest BCUT2D eigenvalue weighted by atomic mass is 16.4. The zero-order chi connectivity index (χ0) is 33.8. The van der Waals surface area contributed by atoms with E-state index in [0.29, 0.717) is 58.2 Å². The molecule has 0 saturated heterocycles. The van der Waals surface area contributed by atoms with E-state index >= 15 is 0 Å². The minimum atomic E-state index is -1.00. The van der Waals surface area contributed by atoms with Gasteiger partial charge in [0.1, 0.15) is 24.2 Å². The molecular formula is C26H51N9O8. The molecule has 0 aliphatic carbocycles. The van der Waals surface area contributed by atoms with E-state index in [-0.39, 0.29) is 5.96 Å². The van der Waals surface area contributed by atoms with Gasteiger partial charge >= 0.3 is 23.9 Å². The second-order valence-electron chi connectivity index (χ2n) is 9.13. The van der Waals surface area contributed by atoms with Gasteiger partial charge in [0.25, 0.3) is 0 Å². The number of hydrogen-bond donors (Lipinski definition) is 12. The number of nitrogens with two attached hydrogens (primary N) is 8. The normalized spacial score (nSPS) is 12.6. The van der Waals surface area contributed by atoms with E-state index in [4.69, 9.17) is 66.3 Å². The van der Waals surface area contributed by atoms with Crippen LogP contribution in [0.25, 0.3) is 0 Å². The average Bonchev–Trinajstić information content (AvgIpc) is 2.95. The molecule has 0 saturated carbocycles. The van der Waals surface area contributed by atoms with Crippen molar-refractivity contribution in [3.05, 3.63) is 35.9 Å². The molecule has 1 aromatic rings. The minimum Gasteiger partial charge on any atom is -0.480 e. The fourth-order valence-electron chi connectivity index (χ4n) is 2.69. The molecule has 0 amide bonds. The zero-order valence-electron chi connectivity index (χ0n) is 24.5. The van der Waals surface area contributed by atoms with Gasteiger partial charge < -0.3 is 66.3 Å². The number of guanidine groups is 1. The molecule has 0 aliphatic heterocycles. The first-order valence-electron chi connectivity index (χ1n) is 13.5. The number of carboxylic acid groups (broad SMARTS) is 4. The summed E-state index contributed by atoms with van der Waals surface area (Å²) in [5.41, 5.74) is 42.3. The highest BCUT2D eigenvalue weighted by Crippen LogP contribution is 2.01. The van der Waals surface area contributed by atoms with Crippen molar-refractivity contribution in [1.82, 2.24) is 0 Å². The molecule has 17 nitrogen and oxygen atoms in total. The molecule has 0 aliphatic rings. The highest BCUT2D eigenvalue weighted by molar-refractivity contribution is 5.75. The van der Waals surface area contributed by atoms with Crippen molar-refractivity contribution in [2.45, 2.75) is 75.5 Å². The summed E-state index contributed by atoms with van der Waals surface area (Å²) >= 11 is 0. The number of carbonyl (C=O) groups is 4. The molecule has 0 fully saturated rings. The van der Waals surface area contributed by atoms with Crippen LogP contribution in [0.15, 0.2) is 35.3 Å². The van der Waals surface area contributed by atoms with E-state index in [1.807, 2.05) is 30.3 Å². The van der Waals surface area contributed by atoms with E-state index < -0.39 is 48.0 Å². The summed E-state index contributed by atoms with van der Waals surface area (Å²) in [7, 11) is 0. The minimum absolute atomic E-state index is 0.0129. The standard InChI is InChI=1S/C9H11NO2.C6H14N4O2.C6H14N2O2.C5H12N2O2/c10-8(9(11)12)6-7-4-2-1-3-5-7;7-4(5(11)12)2-1-3-10-6(8)9;7-4-2-1-3-5(8)6(9)10;6-3-1-2-4(7)5(8)9/h1-5,8H,6,10H2,(H,11,12);4H,1-3,7H2,(H,11,12)(H4,8,9,10);5H,1-4,7-8H2,(H,9,10);4H,1-3,6-7H2,(H,8,9)/t8-;4-;5-;4-/m0000/s1. The molecule has 0 bridgehead atoms. The molecule has 0 unspecified atom stereocenters. The Hall–Kier alpha value is -3.87. The maximum absolute atomic E-state index is 10.4. The zero-order valence-corrected chi connectivity index (χ0v) is 24.5. The predicted molar refractivity (Wildman–Crippen MR) is 164 cm³/mol. The summed E-state index contributed by atoms with van der Waals surface area (Å²) in [6.07, 6.45) is 4.64. The quantitative estimate of drug-likeness (QED) is 0.0499. The largest absolute Gasteiger partial charge is 0.480 e. The average molecular weight is 618 g/mol. The van der Waals surface area contributed by atoms with Gasteiger partial charge in [-0.15, -0.1) is 0 Å². The van der Waals surface area contributed by atoms with E-state index in [1.165, 1.54) is 0 Å². The number of benzene rings is 1. The van der Waals surface area contributed by atoms with Crippen molar-refractivity contribution in [3.63, 3.8) is 0 Å². The van der Waals surface area contributed by atoms with Crippen molar-refractivity contribution >= 4 is 29.8 Å². The molecular weight excluding hydrogens is 566 g/mol. The Morgan fingerprint density at radius 3 is 1.37 bits per heavy atom. The Balaban J connectivity index is -0.000000500. The summed E-state index contributed by atoms with van der Waals surface area (Å²) in [5.74, 6) is -3.84. The van der Waals surface area contributed by atoms with E-state index in [2.05, 4.69) is 4.99 Å². The topological polar surface area (TPSA) is 370 Å². The molecule has 248 valence electrons. The van der Waals surface area contributed by atoms with Crippen molar-refractivity contribution < 1.29 is 39.6 Å². The number of carboxylic acids is 4. The van der Waals surface area contributed by atoms with Crippen molar-refractivity contribution in [2.24, 2.45) is 50.9 Å². The van der Waals surface area contributed by atoms with Gasteiger partial charge in [0.15, 0.2) is 5.96 Å². The molecule has 1 aromatic carbocycles. The van der Waals surface area contributed by atoms with Crippen LogP contribution >= 0.6 is 0 Å². The lowest BCUT2D eigenvalue weighted by Crippen LogP contribution is -2.32. The van der Waals surface area contributed by atoms with Gasteiger partial charge in [-0.25, -0.2) is 0 Å². The third-order valence-corrected chi connectivity index (χ3v) is 5.22. The maximum Gasteiger partial charge on any atom is 0.320 e. The van der Waals surface area contributed by atoms with Crippen LogP contribution in [0.5, 0.6) is 0 Å². The molecule has 43 heavy (non-hydrogen) atoms. The molecule has 0 heterocycles. The Morgan fingerprint density at radius 2 is 1.00 bits per heavy atom. The molecule has 0 aromatic heterocycles. The fourth-order valence-corrected chi connectivity index (χ4v) is 2.69. The summed E-state index contributed by atoms with van der Waals surface area (Å²) in [5, 5.41) is 33.5. The van der Waals surface area contributed by atoms with E-state index in [0.717, 1.165) is 18.4 Å². The number of hydrogen-bond acceptors (Lipinski definition) is 11. The van der Waals surface area contributed by atoms with Crippen LogP contribution in [-0.4, -0.2) is 94.1 Å². The van der Waals surface area contributed by atoms with Gasteiger partial charge in [0, 0.05) is 6.54 Å². The fraction of sp³-hybridized carbons (Fsp3) is 0.577. The predicted octanol–water partition coefficient (Wildman–Crippen LogP) is -2.24. The summed E-state index contributed by atoms with van der Waals surface area (Å²) < 4.78 is 0. The summed E-state index contributed by atoms with van der Waals surface area (Å²) in [6.45, 7) is 1.52. The Labute approximate surface area is 251 Å². The van der Waals surface area contributed by atoms with Crippen LogP contribution < -0.4 is 45.9 Å². The lowest BCUT2D eigenvalue weighted by atomic mass is 10.1. The SMILES string of the molecule is NC(N)=NCCC[C@H](N)C(=O)O.NCCCC[C@H](N)C(=O)O.NCCC[C@H](N)C(=O)O.N[C@@H](Cc1ccccc1)C(=O)O. The molecule has 0 radical (unpaired) electrons. The number of aliphatic carboxylic acids is 4. The van der Waals surface area contributed by atoms with Gasteiger partial charge in [-0.1, -0.05) is 36.8 Å². The monoisotopic (exact) mass is 617 g/mol. The van der Waals surface area contributed by atoms with Gasteiger partial charge in [-0.2, -0.15) is 0 Å². The number of nitrogens with zero attached hydrogens (tertiary/aromatic N) is 1. The van der Waals surface area contributed by atoms with E-state index in [1.54, 1.807) is 0 Å². The summed E-state index contributed by atoms with van der Waals surface area (Å²) in [4.78, 5) is 44.5. The second-order valence-corrected chi connectivity index (χ2v) is 9.13. The number of unbranched alkanes of at least 4 members (excludes halogenated alkanes) is 1. The van der Waals surface area contributed by atoms with Crippen LogP contribution in [-0.2, 0) is 25.6 Å². The highest BCUT2D eigenvalue weighted by Gasteiger charge is 2.12. The smallest absolute Gasteiger partial charge is 0.320 e. The first kappa shape index (κ1) is 43.6. The molecule has 0 spiro atoms. The molecule has 20 N–H and O–H groups in total. The molecule has 1 rings (SSSR count). The second kappa shape index (κ2) is 28.3. The number of aliphatic imine (C=N–C) groups is 1. The Kier molecular flexibility index (Phi) is 28.6. The van der Waals surface area contributed by atoms with Gasteiger partial charge in [0.2, 0.25) is 0 Å². The maximum atomic E-state index is 10.4. The first-order chi connectivity index (χ1) is 20.1. The lowest BCUT2D eigenvalue weighted by molar-refractivity contribution is -0.139.